The standard InChI is InChI=1S/C18H27NO2/c1-4-6-7-8-11-16(14-21-5-2)17-12-9-10-13-18(17)19-15(3)20/h9-10,12-14H,4-8,11H2,1-3H3,(H,19,20)/b16-14+. The minimum absolute atomic E-state index is 0.0517. The molecule has 0 bridgehead atoms. The number of benzene rings is 1. The van der Waals surface area contributed by atoms with Crippen LogP contribution in [0.1, 0.15) is 58.4 Å². The summed E-state index contributed by atoms with van der Waals surface area (Å²) in [5, 5.41) is 2.90. The Labute approximate surface area is 128 Å². The van der Waals surface area contributed by atoms with Gasteiger partial charge in [-0.2, -0.15) is 0 Å². The molecule has 0 unspecified atom stereocenters. The first kappa shape index (κ1) is 17.3. The first-order chi connectivity index (χ1) is 10.2. The summed E-state index contributed by atoms with van der Waals surface area (Å²) < 4.78 is 5.49. The van der Waals surface area contributed by atoms with E-state index in [0.717, 1.165) is 29.7 Å². The molecule has 3 heteroatoms. The zero-order valence-electron chi connectivity index (χ0n) is 13.4. The molecule has 1 aromatic carbocycles. The normalized spacial score (nSPS) is 11.3. The van der Waals surface area contributed by atoms with Crippen molar-refractivity contribution < 1.29 is 9.53 Å². The highest BCUT2D eigenvalue weighted by molar-refractivity contribution is 5.92. The predicted octanol–water partition coefficient (Wildman–Crippen LogP) is 4.99. The Kier molecular flexibility index (Phi) is 8.25. The van der Waals surface area contributed by atoms with E-state index < -0.39 is 0 Å². The van der Waals surface area contributed by atoms with Crippen LogP contribution in [0.3, 0.4) is 0 Å². The van der Waals surface area contributed by atoms with Crippen LogP contribution in [0.15, 0.2) is 30.5 Å². The molecule has 1 rings (SSSR count). The van der Waals surface area contributed by atoms with E-state index in [0.29, 0.717) is 6.61 Å². The van der Waals surface area contributed by atoms with E-state index in [1.165, 1.54) is 26.2 Å². The van der Waals surface area contributed by atoms with E-state index >= 15 is 0 Å². The lowest BCUT2D eigenvalue weighted by atomic mass is 9.98. The SMILES string of the molecule is CCCCCC/C(=C\OCC)c1ccccc1NC(C)=O. The van der Waals surface area contributed by atoms with Crippen LogP contribution in [0.2, 0.25) is 0 Å². The molecule has 21 heavy (non-hydrogen) atoms. The van der Waals surface area contributed by atoms with Crippen LogP contribution in [-0.4, -0.2) is 12.5 Å². The van der Waals surface area contributed by atoms with Gasteiger partial charge < -0.3 is 10.1 Å². The summed E-state index contributed by atoms with van der Waals surface area (Å²) in [6, 6.07) is 7.90. The molecule has 0 aliphatic heterocycles. The molecule has 0 saturated heterocycles. The van der Waals surface area contributed by atoms with Gasteiger partial charge in [-0.15, -0.1) is 0 Å². The highest BCUT2D eigenvalue weighted by atomic mass is 16.5. The fourth-order valence-electron chi connectivity index (χ4n) is 2.25. The number of carbonyl (C=O) groups excluding carboxylic acids is 1. The highest BCUT2D eigenvalue weighted by Gasteiger charge is 2.09. The van der Waals surface area contributed by atoms with Gasteiger partial charge in [0.1, 0.15) is 0 Å². The third kappa shape index (κ3) is 6.48. The summed E-state index contributed by atoms with van der Waals surface area (Å²) in [6.45, 7) is 6.37. The number of amides is 1. The van der Waals surface area contributed by atoms with E-state index in [9.17, 15) is 4.79 Å². The quantitative estimate of drug-likeness (QED) is 0.513. The maximum absolute atomic E-state index is 11.3. The minimum atomic E-state index is -0.0517. The van der Waals surface area contributed by atoms with Crippen LogP contribution in [0.25, 0.3) is 5.57 Å². The third-order valence-corrected chi connectivity index (χ3v) is 3.28. The number of ether oxygens (including phenoxy) is 1. The molecule has 0 saturated carbocycles. The topological polar surface area (TPSA) is 38.3 Å². The lowest BCUT2D eigenvalue weighted by Gasteiger charge is -2.13. The molecule has 0 aromatic heterocycles. The average molecular weight is 289 g/mol. The average Bonchev–Trinajstić information content (AvgIpc) is 2.47. The second-order valence-corrected chi connectivity index (χ2v) is 5.14. The smallest absolute Gasteiger partial charge is 0.221 e. The van der Waals surface area contributed by atoms with Gasteiger partial charge in [0.25, 0.3) is 0 Å². The Bertz CT molecular complexity index is 466. The van der Waals surface area contributed by atoms with Crippen molar-refractivity contribution in [3.05, 3.63) is 36.1 Å². The Morgan fingerprint density at radius 1 is 1.19 bits per heavy atom. The first-order valence-corrected chi connectivity index (χ1v) is 7.86. The number of para-hydroxylation sites is 1. The van der Waals surface area contributed by atoms with E-state index in [2.05, 4.69) is 12.2 Å². The monoisotopic (exact) mass is 289 g/mol. The van der Waals surface area contributed by atoms with Gasteiger partial charge in [0.15, 0.2) is 0 Å². The highest BCUT2D eigenvalue weighted by Crippen LogP contribution is 2.28. The number of anilines is 1. The van der Waals surface area contributed by atoms with E-state index in [1.54, 1.807) is 0 Å². The van der Waals surface area contributed by atoms with Gasteiger partial charge in [-0.3, -0.25) is 4.79 Å². The van der Waals surface area contributed by atoms with Crippen molar-refractivity contribution in [2.45, 2.75) is 52.9 Å². The number of allylic oxidation sites excluding steroid dienone is 1. The Morgan fingerprint density at radius 3 is 2.62 bits per heavy atom. The van der Waals surface area contributed by atoms with Gasteiger partial charge in [-0.05, 0) is 31.4 Å². The fourth-order valence-corrected chi connectivity index (χ4v) is 2.25. The Morgan fingerprint density at radius 2 is 1.95 bits per heavy atom. The van der Waals surface area contributed by atoms with Crippen molar-refractivity contribution in [2.75, 3.05) is 11.9 Å². The lowest BCUT2D eigenvalue weighted by Crippen LogP contribution is -2.08. The summed E-state index contributed by atoms with van der Waals surface area (Å²) in [6.07, 6.45) is 7.66. The molecule has 3 nitrogen and oxygen atoms in total. The second-order valence-electron chi connectivity index (χ2n) is 5.14. The van der Waals surface area contributed by atoms with Gasteiger partial charge in [-0.25, -0.2) is 0 Å². The van der Waals surface area contributed by atoms with Crippen LogP contribution >= 0.6 is 0 Å². The number of unbranched alkanes of at least 4 members (excludes halogenated alkanes) is 3. The zero-order chi connectivity index (χ0) is 15.5. The predicted molar refractivity (Wildman–Crippen MR) is 89.1 cm³/mol. The molecule has 1 aromatic rings. The summed E-state index contributed by atoms with van der Waals surface area (Å²) in [7, 11) is 0. The number of hydrogen-bond acceptors (Lipinski definition) is 2. The number of rotatable bonds is 9. The van der Waals surface area contributed by atoms with Crippen molar-refractivity contribution in [2.24, 2.45) is 0 Å². The van der Waals surface area contributed by atoms with Crippen LogP contribution in [0, 0.1) is 0 Å². The summed E-state index contributed by atoms with van der Waals surface area (Å²) in [5.74, 6) is -0.0517. The van der Waals surface area contributed by atoms with Crippen molar-refractivity contribution in [3.63, 3.8) is 0 Å². The second kappa shape index (κ2) is 10.0. The number of hydrogen-bond donors (Lipinski definition) is 1. The maximum atomic E-state index is 11.3. The van der Waals surface area contributed by atoms with Gasteiger partial charge >= 0.3 is 0 Å². The zero-order valence-corrected chi connectivity index (χ0v) is 13.4. The molecular formula is C18H27NO2. The van der Waals surface area contributed by atoms with Gasteiger partial charge in [0, 0.05) is 18.2 Å². The van der Waals surface area contributed by atoms with Crippen molar-refractivity contribution in [1.29, 1.82) is 0 Å². The van der Waals surface area contributed by atoms with Crippen LogP contribution in [-0.2, 0) is 9.53 Å². The third-order valence-electron chi connectivity index (χ3n) is 3.28. The van der Waals surface area contributed by atoms with E-state index in [-0.39, 0.29) is 5.91 Å². The van der Waals surface area contributed by atoms with E-state index in [1.807, 2.05) is 37.5 Å². The number of nitrogens with one attached hydrogen (secondary N) is 1. The Balaban J connectivity index is 2.89. The molecule has 0 fully saturated rings. The molecule has 0 spiro atoms. The van der Waals surface area contributed by atoms with Crippen molar-refractivity contribution >= 4 is 17.2 Å². The van der Waals surface area contributed by atoms with Crippen molar-refractivity contribution in [1.82, 2.24) is 0 Å². The maximum Gasteiger partial charge on any atom is 0.221 e. The molecule has 1 amide bonds. The molecule has 0 atom stereocenters. The lowest BCUT2D eigenvalue weighted by molar-refractivity contribution is -0.114. The van der Waals surface area contributed by atoms with Crippen LogP contribution in [0.4, 0.5) is 5.69 Å². The molecule has 0 radical (unpaired) electrons. The van der Waals surface area contributed by atoms with Crippen molar-refractivity contribution in [3.8, 4) is 0 Å². The van der Waals surface area contributed by atoms with Gasteiger partial charge in [-0.1, -0.05) is 44.4 Å². The number of carbonyl (C=O) groups is 1. The van der Waals surface area contributed by atoms with Gasteiger partial charge in [0.05, 0.1) is 12.9 Å². The minimum Gasteiger partial charge on any atom is -0.501 e. The fraction of sp³-hybridized carbons (Fsp3) is 0.500. The molecule has 1 N–H and O–H groups in total. The Hall–Kier alpha value is -1.77. The molecular weight excluding hydrogens is 262 g/mol. The molecule has 116 valence electrons. The summed E-state index contributed by atoms with van der Waals surface area (Å²) >= 11 is 0. The van der Waals surface area contributed by atoms with Crippen LogP contribution < -0.4 is 5.32 Å². The molecule has 0 heterocycles. The largest absolute Gasteiger partial charge is 0.501 e. The molecule has 0 aliphatic rings. The summed E-state index contributed by atoms with van der Waals surface area (Å²) in [5.41, 5.74) is 3.06. The first-order valence-electron chi connectivity index (χ1n) is 7.86. The van der Waals surface area contributed by atoms with E-state index in [4.69, 9.17) is 4.74 Å². The van der Waals surface area contributed by atoms with Gasteiger partial charge in [0.2, 0.25) is 5.91 Å². The molecule has 0 aliphatic carbocycles. The van der Waals surface area contributed by atoms with Crippen LogP contribution in [0.5, 0.6) is 0 Å². The summed E-state index contributed by atoms with van der Waals surface area (Å²) in [4.78, 5) is 11.3.